The Kier molecular flexibility index (Phi) is 4.90. The largest absolute Gasteiger partial charge is 0.349 e. The van der Waals surface area contributed by atoms with Gasteiger partial charge in [0.15, 0.2) is 5.69 Å². The van der Waals surface area contributed by atoms with Gasteiger partial charge in [0.1, 0.15) is 0 Å². The fourth-order valence-corrected chi connectivity index (χ4v) is 2.96. The molecule has 7 nitrogen and oxygen atoms in total. The number of hydrogen-bond donors (Lipinski definition) is 0. The molecule has 0 aliphatic heterocycles. The van der Waals surface area contributed by atoms with Crippen molar-refractivity contribution in [1.29, 1.82) is 0 Å². The highest BCUT2D eigenvalue weighted by atomic mass is 35.5. The van der Waals surface area contributed by atoms with Crippen LogP contribution in [0.3, 0.4) is 0 Å². The smallest absolute Gasteiger partial charge is 0.338 e. The third-order valence-corrected chi connectivity index (χ3v) is 4.53. The summed E-state index contributed by atoms with van der Waals surface area (Å²) in [5.74, 6) is 0.116. The Balaban J connectivity index is 1.92. The average Bonchev–Trinajstić information content (AvgIpc) is 3.08. The highest BCUT2D eigenvalue weighted by Crippen LogP contribution is 2.26. The molecule has 0 saturated heterocycles. The Bertz CT molecular complexity index is 1000. The predicted molar refractivity (Wildman–Crippen MR) is 99.1 cm³/mol. The maximum atomic E-state index is 11.1. The third-order valence-electron chi connectivity index (χ3n) is 4.16. The van der Waals surface area contributed by atoms with E-state index in [4.69, 9.17) is 16.1 Å². The van der Waals surface area contributed by atoms with Crippen molar-refractivity contribution in [2.24, 2.45) is 0 Å². The lowest BCUT2D eigenvalue weighted by molar-refractivity contribution is -0.386. The average molecular weight is 373 g/mol. The van der Waals surface area contributed by atoms with Crippen LogP contribution in [0.2, 0.25) is 5.02 Å². The second kappa shape index (κ2) is 7.13. The van der Waals surface area contributed by atoms with Gasteiger partial charge in [-0.05, 0) is 44.6 Å². The summed E-state index contributed by atoms with van der Waals surface area (Å²) >= 11 is 6.23. The van der Waals surface area contributed by atoms with Crippen molar-refractivity contribution in [3.63, 3.8) is 0 Å². The second-order valence-corrected chi connectivity index (χ2v) is 6.31. The van der Waals surface area contributed by atoms with Crippen molar-refractivity contribution in [3.05, 3.63) is 73.4 Å². The molecule has 2 heterocycles. The molecule has 3 rings (SSSR count). The highest BCUT2D eigenvalue weighted by molar-refractivity contribution is 6.31. The van der Waals surface area contributed by atoms with Crippen molar-refractivity contribution < 1.29 is 9.45 Å². The Hall–Kier alpha value is -2.93. The first-order valence-electron chi connectivity index (χ1n) is 7.94. The molecule has 0 spiro atoms. The predicted octanol–water partition coefficient (Wildman–Crippen LogP) is 4.58. The standard InChI is InChI=1S/C18H17ClN4O3/c1-11-15(8-9-17-18(23(24)25)12(2)21-26-17)13(3)22(20-11)10-14-6-4-5-7-16(14)19/h4-9H,10H2,1-3H3/b9-8+. The number of nitro groups is 1. The second-order valence-electron chi connectivity index (χ2n) is 5.90. The van der Waals surface area contributed by atoms with E-state index in [2.05, 4.69) is 10.3 Å². The summed E-state index contributed by atoms with van der Waals surface area (Å²) in [7, 11) is 0. The molecular weight excluding hydrogens is 356 g/mol. The summed E-state index contributed by atoms with van der Waals surface area (Å²) in [5.41, 5.74) is 3.71. The van der Waals surface area contributed by atoms with Crippen LogP contribution in [0.5, 0.6) is 0 Å². The fraction of sp³-hybridized carbons (Fsp3) is 0.222. The van der Waals surface area contributed by atoms with Crippen molar-refractivity contribution >= 4 is 29.4 Å². The minimum Gasteiger partial charge on any atom is -0.349 e. The minimum atomic E-state index is -0.494. The fourth-order valence-electron chi connectivity index (χ4n) is 2.77. The van der Waals surface area contributed by atoms with Gasteiger partial charge in [0.2, 0.25) is 5.76 Å². The molecule has 1 aromatic carbocycles. The lowest BCUT2D eigenvalue weighted by atomic mass is 10.1. The molecule has 2 aromatic heterocycles. The zero-order valence-electron chi connectivity index (χ0n) is 14.6. The Labute approximate surface area is 155 Å². The molecule has 8 heteroatoms. The van der Waals surface area contributed by atoms with Crippen molar-refractivity contribution in [2.45, 2.75) is 27.3 Å². The number of aryl methyl sites for hydroxylation is 2. The van der Waals surface area contributed by atoms with Gasteiger partial charge < -0.3 is 4.52 Å². The number of rotatable bonds is 5. The van der Waals surface area contributed by atoms with Gasteiger partial charge in [-0.15, -0.1) is 0 Å². The molecule has 0 N–H and O–H groups in total. The molecular formula is C18H17ClN4O3. The molecule has 0 radical (unpaired) electrons. The first kappa shape index (κ1) is 17.9. The molecule has 0 amide bonds. The summed E-state index contributed by atoms with van der Waals surface area (Å²) in [5, 5.41) is 20.0. The summed E-state index contributed by atoms with van der Waals surface area (Å²) in [6, 6.07) is 7.61. The van der Waals surface area contributed by atoms with Crippen LogP contribution in [-0.2, 0) is 6.54 Å². The number of halogens is 1. The Morgan fingerprint density at radius 2 is 1.96 bits per heavy atom. The van der Waals surface area contributed by atoms with Gasteiger partial charge in [-0.25, -0.2) is 0 Å². The SMILES string of the molecule is Cc1nn(Cc2ccccc2Cl)c(C)c1/C=C/c1onc(C)c1[N+](=O)[O-]. The van der Waals surface area contributed by atoms with Crippen LogP contribution in [0.25, 0.3) is 12.2 Å². The van der Waals surface area contributed by atoms with E-state index >= 15 is 0 Å². The topological polar surface area (TPSA) is 87.0 Å². The van der Waals surface area contributed by atoms with E-state index in [0.29, 0.717) is 11.6 Å². The highest BCUT2D eigenvalue weighted by Gasteiger charge is 2.22. The summed E-state index contributed by atoms with van der Waals surface area (Å²) in [6.07, 6.45) is 3.31. The summed E-state index contributed by atoms with van der Waals surface area (Å²) < 4.78 is 6.91. The minimum absolute atomic E-state index is 0.116. The molecule has 0 fully saturated rings. The van der Waals surface area contributed by atoms with Gasteiger partial charge in [0.05, 0.1) is 17.2 Å². The zero-order valence-corrected chi connectivity index (χ0v) is 15.3. The van der Waals surface area contributed by atoms with Gasteiger partial charge in [0, 0.05) is 16.3 Å². The van der Waals surface area contributed by atoms with Crippen LogP contribution in [0, 0.1) is 30.9 Å². The molecule has 26 heavy (non-hydrogen) atoms. The molecule has 0 atom stereocenters. The van der Waals surface area contributed by atoms with Gasteiger partial charge in [-0.1, -0.05) is 35.0 Å². The van der Waals surface area contributed by atoms with Crippen molar-refractivity contribution in [1.82, 2.24) is 14.9 Å². The lowest BCUT2D eigenvalue weighted by Crippen LogP contribution is -2.04. The Morgan fingerprint density at radius 1 is 1.23 bits per heavy atom. The van der Waals surface area contributed by atoms with Crippen LogP contribution in [-0.4, -0.2) is 19.9 Å². The van der Waals surface area contributed by atoms with Crippen LogP contribution >= 0.6 is 11.6 Å². The summed E-state index contributed by atoms with van der Waals surface area (Å²) in [4.78, 5) is 10.6. The Morgan fingerprint density at radius 3 is 2.65 bits per heavy atom. The van der Waals surface area contributed by atoms with E-state index in [-0.39, 0.29) is 17.1 Å². The van der Waals surface area contributed by atoms with Crippen LogP contribution in [0.15, 0.2) is 28.8 Å². The third kappa shape index (κ3) is 3.39. The lowest BCUT2D eigenvalue weighted by Gasteiger charge is -2.06. The number of benzene rings is 1. The monoisotopic (exact) mass is 372 g/mol. The maximum absolute atomic E-state index is 11.1. The van der Waals surface area contributed by atoms with Gasteiger partial charge >= 0.3 is 5.69 Å². The molecule has 0 unspecified atom stereocenters. The number of hydrogen-bond acceptors (Lipinski definition) is 5. The maximum Gasteiger partial charge on any atom is 0.338 e. The molecule has 3 aromatic rings. The van der Waals surface area contributed by atoms with E-state index in [1.54, 1.807) is 12.2 Å². The van der Waals surface area contributed by atoms with Gasteiger partial charge in [-0.2, -0.15) is 5.10 Å². The molecule has 0 saturated carbocycles. The molecule has 0 bridgehead atoms. The van der Waals surface area contributed by atoms with Crippen LogP contribution in [0.1, 0.15) is 34.0 Å². The molecule has 0 aliphatic rings. The van der Waals surface area contributed by atoms with Crippen LogP contribution < -0.4 is 0 Å². The molecule has 134 valence electrons. The van der Waals surface area contributed by atoms with E-state index < -0.39 is 4.92 Å². The summed E-state index contributed by atoms with van der Waals surface area (Å²) in [6.45, 7) is 5.91. The van der Waals surface area contributed by atoms with Crippen LogP contribution in [0.4, 0.5) is 5.69 Å². The van der Waals surface area contributed by atoms with Crippen molar-refractivity contribution in [2.75, 3.05) is 0 Å². The normalized spacial score (nSPS) is 11.4. The number of aromatic nitrogens is 3. The van der Waals surface area contributed by atoms with Gasteiger partial charge in [-0.3, -0.25) is 14.8 Å². The number of nitrogens with zero attached hydrogens (tertiary/aromatic N) is 4. The first-order chi connectivity index (χ1) is 12.4. The quantitative estimate of drug-likeness (QED) is 0.483. The first-order valence-corrected chi connectivity index (χ1v) is 8.32. The van der Waals surface area contributed by atoms with E-state index in [1.165, 1.54) is 6.92 Å². The molecule has 0 aliphatic carbocycles. The van der Waals surface area contributed by atoms with E-state index in [0.717, 1.165) is 22.5 Å². The van der Waals surface area contributed by atoms with E-state index in [1.807, 2.05) is 42.8 Å². The van der Waals surface area contributed by atoms with Crippen molar-refractivity contribution in [3.8, 4) is 0 Å². The zero-order chi connectivity index (χ0) is 18.8. The van der Waals surface area contributed by atoms with E-state index in [9.17, 15) is 10.1 Å². The van der Waals surface area contributed by atoms with Gasteiger partial charge in [0.25, 0.3) is 0 Å².